The standard InChI is InChI=1S/C35H38N4O16/c40-7-11(8-41)37-39-32(51)22-20-14-3-1-12(44)5-16(14)36-24(20)25-21(23(22)33(39)52)15-4-2-13(45)6-17(15)38(25)34-30(50)31(27(47)19(10-43)53-34)55-35-29(49)28(48)26(46)18(9-42)54-35/h1-6,11,18-19,26-31,34-37,40-50H,7-10H2/t18-,19+,26-,27+,28+,29-,30+,31-,34+,35-/m0/s1. The summed E-state index contributed by atoms with van der Waals surface area (Å²) >= 11 is 0. The van der Waals surface area contributed by atoms with E-state index < -0.39 is 106 Å². The van der Waals surface area contributed by atoms with Crippen molar-refractivity contribution in [1.29, 1.82) is 0 Å². The Kier molecular flexibility index (Phi) is 9.45. The van der Waals surface area contributed by atoms with Crippen LogP contribution in [0.2, 0.25) is 0 Å². The number of benzene rings is 3. The predicted molar refractivity (Wildman–Crippen MR) is 185 cm³/mol. The summed E-state index contributed by atoms with van der Waals surface area (Å²) in [7, 11) is 0. The molecule has 3 aliphatic heterocycles. The number of phenolic OH excluding ortho intramolecular Hbond substituents is 2. The molecular weight excluding hydrogens is 732 g/mol. The molecule has 2 fully saturated rings. The van der Waals surface area contributed by atoms with E-state index in [1.165, 1.54) is 41.0 Å². The van der Waals surface area contributed by atoms with Gasteiger partial charge >= 0.3 is 0 Å². The molecule has 20 nitrogen and oxygen atoms in total. The van der Waals surface area contributed by atoms with Crippen LogP contribution in [0.25, 0.3) is 43.6 Å². The molecule has 2 amide bonds. The van der Waals surface area contributed by atoms with Gasteiger partial charge in [0.25, 0.3) is 11.8 Å². The number of aromatic amines is 1. The van der Waals surface area contributed by atoms with Crippen molar-refractivity contribution in [2.75, 3.05) is 26.4 Å². The minimum absolute atomic E-state index is 0.0868. The molecule has 5 aromatic rings. The van der Waals surface area contributed by atoms with Crippen LogP contribution in [0.5, 0.6) is 11.5 Å². The molecule has 2 saturated heterocycles. The molecule has 0 unspecified atom stereocenters. The molecule has 13 N–H and O–H groups in total. The first kappa shape index (κ1) is 37.4. The number of hydrazine groups is 1. The maximum absolute atomic E-state index is 14.4. The van der Waals surface area contributed by atoms with Gasteiger partial charge < -0.3 is 79.9 Å². The van der Waals surface area contributed by atoms with Crippen LogP contribution in [0.3, 0.4) is 0 Å². The lowest BCUT2D eigenvalue weighted by Crippen LogP contribution is -2.63. The molecule has 20 heteroatoms. The van der Waals surface area contributed by atoms with Crippen LogP contribution in [0.15, 0.2) is 36.4 Å². The lowest BCUT2D eigenvalue weighted by atomic mass is 9.95. The minimum atomic E-state index is -1.94. The Morgan fingerprint density at radius 2 is 1.36 bits per heavy atom. The van der Waals surface area contributed by atoms with Gasteiger partial charge in [0.1, 0.15) is 60.3 Å². The zero-order chi connectivity index (χ0) is 39.2. The fourth-order valence-corrected chi connectivity index (χ4v) is 7.89. The molecule has 10 atom stereocenters. The van der Waals surface area contributed by atoms with Gasteiger partial charge in [-0.3, -0.25) is 9.59 Å². The Hall–Kier alpha value is -4.52. The number of aromatic nitrogens is 2. The van der Waals surface area contributed by atoms with Gasteiger partial charge in [-0.25, -0.2) is 10.4 Å². The summed E-state index contributed by atoms with van der Waals surface area (Å²) in [5.41, 5.74) is 3.07. The van der Waals surface area contributed by atoms with Gasteiger partial charge in [0.2, 0.25) is 0 Å². The second-order valence-corrected chi connectivity index (χ2v) is 13.8. The number of fused-ring (bicyclic) bond motifs is 10. The Balaban J connectivity index is 1.38. The lowest BCUT2D eigenvalue weighted by molar-refractivity contribution is -0.346. The molecule has 0 radical (unpaired) electrons. The van der Waals surface area contributed by atoms with Gasteiger partial charge in [0, 0.05) is 33.7 Å². The van der Waals surface area contributed by atoms with E-state index in [0.717, 1.165) is 0 Å². The number of H-pyrrole nitrogens is 1. The number of nitrogens with one attached hydrogen (secondary N) is 2. The molecule has 0 bridgehead atoms. The van der Waals surface area contributed by atoms with Crippen LogP contribution in [-0.2, 0) is 14.2 Å². The number of hydrogen-bond donors (Lipinski definition) is 13. The van der Waals surface area contributed by atoms with E-state index in [0.29, 0.717) is 15.9 Å². The molecule has 294 valence electrons. The number of hydrogen-bond acceptors (Lipinski definition) is 17. The number of ether oxygens (including phenoxy) is 3. The number of nitrogens with zero attached hydrogens (tertiary/aromatic N) is 2. The van der Waals surface area contributed by atoms with Crippen molar-refractivity contribution < 1.29 is 80.0 Å². The van der Waals surface area contributed by atoms with Crippen LogP contribution in [0.4, 0.5) is 0 Å². The highest BCUT2D eigenvalue weighted by atomic mass is 16.7. The zero-order valence-corrected chi connectivity index (χ0v) is 28.5. The van der Waals surface area contributed by atoms with Crippen LogP contribution < -0.4 is 5.43 Å². The van der Waals surface area contributed by atoms with E-state index in [1.807, 2.05) is 0 Å². The summed E-state index contributed by atoms with van der Waals surface area (Å²) in [5, 5.41) is 117. The van der Waals surface area contributed by atoms with E-state index in [9.17, 15) is 65.8 Å². The molecule has 3 aromatic carbocycles. The summed E-state index contributed by atoms with van der Waals surface area (Å²) in [6.07, 6.45) is -17.5. The molecule has 5 heterocycles. The smallest absolute Gasteiger partial charge is 0.276 e. The van der Waals surface area contributed by atoms with Gasteiger partial charge in [0.15, 0.2) is 12.5 Å². The maximum Gasteiger partial charge on any atom is 0.276 e. The van der Waals surface area contributed by atoms with Crippen molar-refractivity contribution in [3.05, 3.63) is 47.5 Å². The number of imide groups is 1. The predicted octanol–water partition coefficient (Wildman–Crippen LogP) is -2.91. The molecule has 2 aromatic heterocycles. The maximum atomic E-state index is 14.4. The van der Waals surface area contributed by atoms with Crippen LogP contribution in [-0.4, -0.2) is 170 Å². The van der Waals surface area contributed by atoms with Crippen molar-refractivity contribution in [3.8, 4) is 11.5 Å². The van der Waals surface area contributed by atoms with Crippen molar-refractivity contribution >= 4 is 55.4 Å². The Morgan fingerprint density at radius 3 is 2.02 bits per heavy atom. The number of aromatic hydroxyl groups is 2. The topological polar surface area (TPSA) is 320 Å². The third-order valence-electron chi connectivity index (χ3n) is 10.6. The van der Waals surface area contributed by atoms with E-state index >= 15 is 0 Å². The Morgan fingerprint density at radius 1 is 0.745 bits per heavy atom. The van der Waals surface area contributed by atoms with Gasteiger partial charge in [-0.05, 0) is 24.3 Å². The molecule has 0 saturated carbocycles. The number of aliphatic hydroxyl groups excluding tert-OH is 9. The van der Waals surface area contributed by atoms with Crippen molar-refractivity contribution in [2.45, 2.75) is 67.4 Å². The number of rotatable bonds is 9. The highest BCUT2D eigenvalue weighted by Crippen LogP contribution is 2.48. The molecular formula is C35H38N4O16. The van der Waals surface area contributed by atoms with Gasteiger partial charge in [-0.2, -0.15) is 0 Å². The molecule has 0 aliphatic carbocycles. The first-order valence-corrected chi connectivity index (χ1v) is 17.3. The Bertz CT molecular complexity index is 2320. The summed E-state index contributed by atoms with van der Waals surface area (Å²) in [6, 6.07) is 7.21. The van der Waals surface area contributed by atoms with E-state index in [-0.39, 0.29) is 55.3 Å². The molecule has 55 heavy (non-hydrogen) atoms. The second kappa shape index (κ2) is 13.9. The van der Waals surface area contributed by atoms with Crippen LogP contribution in [0, 0.1) is 0 Å². The van der Waals surface area contributed by atoms with Gasteiger partial charge in [0.05, 0.1) is 65.7 Å². The number of phenols is 2. The first-order valence-electron chi connectivity index (χ1n) is 17.3. The SMILES string of the molecule is O=C1c2c(c3c4ccc(O)cc4n([C@@H]4O[C@H](CO)[C@@H](O)[C@H](O[C@@H]5O[C@@H](CO)[C@H](O)[C@@H](O)[C@@H]5O)[C@H]4O)c3c3[nH]c4cc(O)ccc4c23)C(=O)N1NC(CO)CO. The fraction of sp³-hybridized carbons (Fsp3) is 0.429. The molecule has 8 rings (SSSR count). The number of carbonyl (C=O) groups is 2. The lowest BCUT2D eigenvalue weighted by Gasteiger charge is -2.46. The molecule has 0 spiro atoms. The van der Waals surface area contributed by atoms with E-state index in [1.54, 1.807) is 0 Å². The highest BCUT2D eigenvalue weighted by Gasteiger charge is 2.52. The van der Waals surface area contributed by atoms with Crippen molar-refractivity contribution in [2.24, 2.45) is 0 Å². The molecule has 3 aliphatic rings. The average molecular weight is 771 g/mol. The van der Waals surface area contributed by atoms with Crippen LogP contribution >= 0.6 is 0 Å². The minimum Gasteiger partial charge on any atom is -0.508 e. The van der Waals surface area contributed by atoms with Crippen LogP contribution in [0.1, 0.15) is 26.9 Å². The van der Waals surface area contributed by atoms with Gasteiger partial charge in [-0.15, -0.1) is 0 Å². The third-order valence-corrected chi connectivity index (χ3v) is 10.6. The summed E-state index contributed by atoms with van der Waals surface area (Å²) in [5.74, 6) is -2.13. The zero-order valence-electron chi connectivity index (χ0n) is 28.5. The van der Waals surface area contributed by atoms with Crippen molar-refractivity contribution in [1.82, 2.24) is 20.0 Å². The first-order chi connectivity index (χ1) is 26.3. The Labute approximate surface area is 308 Å². The quantitative estimate of drug-likeness (QED) is 0.0668. The third kappa shape index (κ3) is 5.57. The average Bonchev–Trinajstić information content (AvgIpc) is 3.78. The monoisotopic (exact) mass is 770 g/mol. The normalized spacial score (nSPS) is 30.2. The fourth-order valence-electron chi connectivity index (χ4n) is 7.89. The summed E-state index contributed by atoms with van der Waals surface area (Å²) < 4.78 is 18.8. The largest absolute Gasteiger partial charge is 0.508 e. The number of carbonyl (C=O) groups excluding carboxylic acids is 2. The van der Waals surface area contributed by atoms with Crippen molar-refractivity contribution in [3.63, 3.8) is 0 Å². The highest BCUT2D eigenvalue weighted by molar-refractivity contribution is 6.39. The summed E-state index contributed by atoms with van der Waals surface area (Å²) in [4.78, 5) is 31.8. The van der Waals surface area contributed by atoms with E-state index in [4.69, 9.17) is 14.2 Å². The van der Waals surface area contributed by atoms with E-state index in [2.05, 4.69) is 10.4 Å². The van der Waals surface area contributed by atoms with Gasteiger partial charge in [-0.1, -0.05) is 0 Å². The number of aliphatic hydroxyl groups is 9. The summed E-state index contributed by atoms with van der Waals surface area (Å²) in [6.45, 7) is -2.92. The number of amides is 2. The second-order valence-electron chi connectivity index (χ2n) is 13.8.